The molecular weight excluding hydrogens is 330 g/mol. The predicted molar refractivity (Wildman–Crippen MR) is 100 cm³/mol. The second-order valence-corrected chi connectivity index (χ2v) is 6.85. The number of anilines is 1. The van der Waals surface area contributed by atoms with Crippen LogP contribution in [0.3, 0.4) is 0 Å². The zero-order valence-electron chi connectivity index (χ0n) is 14.6. The second kappa shape index (κ2) is 6.46. The summed E-state index contributed by atoms with van der Waals surface area (Å²) < 4.78 is 0. The van der Waals surface area contributed by atoms with Crippen LogP contribution in [0, 0.1) is 6.92 Å². The van der Waals surface area contributed by atoms with Crippen LogP contribution in [0.5, 0.6) is 0 Å². The Kier molecular flexibility index (Phi) is 4.12. The van der Waals surface area contributed by atoms with Gasteiger partial charge >= 0.3 is 5.97 Å². The lowest BCUT2D eigenvalue weighted by Crippen LogP contribution is -2.27. The molecule has 2 aliphatic heterocycles. The molecule has 26 heavy (non-hydrogen) atoms. The van der Waals surface area contributed by atoms with Crippen LogP contribution >= 0.6 is 0 Å². The zero-order chi connectivity index (χ0) is 18.3. The SMILES string of the molecule is Cc1c(C(=O)O)c[nH]c1/C=C1\C(=O)Nc2cccc(C3CCNCC3)c21. The maximum absolute atomic E-state index is 12.6. The molecule has 1 saturated heterocycles. The summed E-state index contributed by atoms with van der Waals surface area (Å²) in [5, 5.41) is 15.6. The average Bonchev–Trinajstić information content (AvgIpc) is 3.16. The smallest absolute Gasteiger partial charge is 0.337 e. The molecule has 1 aromatic heterocycles. The molecule has 0 aliphatic carbocycles. The van der Waals surface area contributed by atoms with Crippen molar-refractivity contribution >= 4 is 29.2 Å². The molecule has 3 heterocycles. The van der Waals surface area contributed by atoms with Gasteiger partial charge in [0.05, 0.1) is 11.1 Å². The van der Waals surface area contributed by atoms with Gasteiger partial charge < -0.3 is 20.7 Å². The summed E-state index contributed by atoms with van der Waals surface area (Å²) in [5.74, 6) is -0.705. The van der Waals surface area contributed by atoms with Gasteiger partial charge in [-0.05, 0) is 62.0 Å². The average molecular weight is 351 g/mol. The van der Waals surface area contributed by atoms with Gasteiger partial charge in [-0.25, -0.2) is 4.79 Å². The van der Waals surface area contributed by atoms with E-state index in [1.807, 2.05) is 12.1 Å². The van der Waals surface area contributed by atoms with E-state index in [0.717, 1.165) is 37.2 Å². The van der Waals surface area contributed by atoms with Crippen molar-refractivity contribution in [3.05, 3.63) is 52.3 Å². The highest BCUT2D eigenvalue weighted by molar-refractivity contribution is 6.35. The molecule has 0 atom stereocenters. The lowest BCUT2D eigenvalue weighted by molar-refractivity contribution is -0.110. The van der Waals surface area contributed by atoms with Gasteiger partial charge in [-0.3, -0.25) is 4.79 Å². The molecule has 1 fully saturated rings. The minimum Gasteiger partial charge on any atom is -0.478 e. The van der Waals surface area contributed by atoms with Crippen molar-refractivity contribution in [3.8, 4) is 0 Å². The molecule has 0 radical (unpaired) electrons. The summed E-state index contributed by atoms with van der Waals surface area (Å²) in [6.45, 7) is 3.71. The van der Waals surface area contributed by atoms with Gasteiger partial charge in [-0.2, -0.15) is 0 Å². The monoisotopic (exact) mass is 351 g/mol. The van der Waals surface area contributed by atoms with E-state index in [9.17, 15) is 14.7 Å². The molecule has 2 aliphatic rings. The van der Waals surface area contributed by atoms with E-state index in [1.54, 1.807) is 13.0 Å². The zero-order valence-corrected chi connectivity index (χ0v) is 14.6. The number of aromatic carboxylic acids is 1. The molecule has 0 bridgehead atoms. The third-order valence-electron chi connectivity index (χ3n) is 5.34. The number of carbonyl (C=O) groups excluding carboxylic acids is 1. The van der Waals surface area contributed by atoms with Crippen molar-refractivity contribution < 1.29 is 14.7 Å². The Bertz CT molecular complexity index is 920. The number of aromatic amines is 1. The van der Waals surface area contributed by atoms with Crippen molar-refractivity contribution in [2.45, 2.75) is 25.7 Å². The number of carboxylic acid groups (broad SMARTS) is 1. The quantitative estimate of drug-likeness (QED) is 0.640. The van der Waals surface area contributed by atoms with Crippen molar-refractivity contribution in [2.24, 2.45) is 0 Å². The van der Waals surface area contributed by atoms with E-state index in [-0.39, 0.29) is 11.5 Å². The number of carboxylic acids is 1. The Labute approximate surface area is 151 Å². The number of aromatic nitrogens is 1. The lowest BCUT2D eigenvalue weighted by Gasteiger charge is -2.25. The first kappa shape index (κ1) is 16.6. The van der Waals surface area contributed by atoms with Crippen LogP contribution in [0.25, 0.3) is 11.6 Å². The molecule has 4 N–H and O–H groups in total. The number of amides is 1. The summed E-state index contributed by atoms with van der Waals surface area (Å²) in [6, 6.07) is 6.01. The number of piperidine rings is 1. The first-order chi connectivity index (χ1) is 12.6. The summed E-state index contributed by atoms with van der Waals surface area (Å²) in [6.07, 6.45) is 5.33. The summed E-state index contributed by atoms with van der Waals surface area (Å²) in [4.78, 5) is 26.9. The van der Waals surface area contributed by atoms with Gasteiger partial charge in [-0.1, -0.05) is 12.1 Å². The molecule has 6 heteroatoms. The Hall–Kier alpha value is -2.86. The molecule has 4 rings (SSSR count). The van der Waals surface area contributed by atoms with Crippen LogP contribution in [0.2, 0.25) is 0 Å². The molecular formula is C20H21N3O3. The van der Waals surface area contributed by atoms with Crippen molar-refractivity contribution in [3.63, 3.8) is 0 Å². The highest BCUT2D eigenvalue weighted by Crippen LogP contribution is 2.41. The molecule has 2 aromatic rings. The maximum atomic E-state index is 12.6. The molecule has 0 spiro atoms. The van der Waals surface area contributed by atoms with Crippen molar-refractivity contribution in [1.29, 1.82) is 0 Å². The standard InChI is InChI=1S/C20H21N3O3/c1-11-15(20(25)26)10-22-17(11)9-14-18-13(12-5-7-21-8-6-12)3-2-4-16(18)23-19(14)24/h2-4,9-10,12,21-22H,5-8H2,1H3,(H,23,24)(H,25,26)/b14-9-. The third kappa shape index (κ3) is 2.72. The number of hydrogen-bond donors (Lipinski definition) is 4. The molecule has 6 nitrogen and oxygen atoms in total. The van der Waals surface area contributed by atoms with E-state index < -0.39 is 5.97 Å². The Balaban J connectivity index is 1.81. The number of nitrogens with one attached hydrogen (secondary N) is 3. The first-order valence-electron chi connectivity index (χ1n) is 8.84. The number of rotatable bonds is 3. The van der Waals surface area contributed by atoms with E-state index in [0.29, 0.717) is 22.7 Å². The van der Waals surface area contributed by atoms with Gasteiger partial charge in [0.25, 0.3) is 5.91 Å². The number of hydrogen-bond acceptors (Lipinski definition) is 3. The molecule has 134 valence electrons. The molecule has 1 amide bonds. The molecule has 0 unspecified atom stereocenters. The lowest BCUT2D eigenvalue weighted by atomic mass is 9.85. The largest absolute Gasteiger partial charge is 0.478 e. The third-order valence-corrected chi connectivity index (χ3v) is 5.34. The van der Waals surface area contributed by atoms with Crippen LogP contribution in [0.15, 0.2) is 24.4 Å². The van der Waals surface area contributed by atoms with Gasteiger partial charge in [0.2, 0.25) is 0 Å². The maximum Gasteiger partial charge on any atom is 0.337 e. The number of H-pyrrole nitrogens is 1. The molecule has 1 aromatic carbocycles. The van der Waals surface area contributed by atoms with Gasteiger partial charge in [0.1, 0.15) is 0 Å². The minimum absolute atomic E-state index is 0.146. The van der Waals surface area contributed by atoms with Gasteiger partial charge in [0.15, 0.2) is 0 Å². The van der Waals surface area contributed by atoms with Crippen LogP contribution in [-0.4, -0.2) is 35.1 Å². The van der Waals surface area contributed by atoms with Crippen LogP contribution in [0.1, 0.15) is 51.5 Å². The van der Waals surface area contributed by atoms with Crippen molar-refractivity contribution in [2.75, 3.05) is 18.4 Å². The predicted octanol–water partition coefficient (Wildman–Crippen LogP) is 2.98. The highest BCUT2D eigenvalue weighted by Gasteiger charge is 2.30. The van der Waals surface area contributed by atoms with Crippen molar-refractivity contribution in [1.82, 2.24) is 10.3 Å². The normalized spacial score (nSPS) is 18.8. The Morgan fingerprint density at radius 2 is 2.04 bits per heavy atom. The van der Waals surface area contributed by atoms with E-state index in [2.05, 4.69) is 21.7 Å². The topological polar surface area (TPSA) is 94.2 Å². The van der Waals surface area contributed by atoms with E-state index in [4.69, 9.17) is 0 Å². The van der Waals surface area contributed by atoms with Crippen LogP contribution in [0.4, 0.5) is 5.69 Å². The Morgan fingerprint density at radius 1 is 1.27 bits per heavy atom. The fourth-order valence-electron chi connectivity index (χ4n) is 3.92. The minimum atomic E-state index is -0.977. The summed E-state index contributed by atoms with van der Waals surface area (Å²) in [7, 11) is 0. The summed E-state index contributed by atoms with van der Waals surface area (Å²) >= 11 is 0. The number of benzene rings is 1. The second-order valence-electron chi connectivity index (χ2n) is 6.85. The van der Waals surface area contributed by atoms with Crippen LogP contribution < -0.4 is 10.6 Å². The highest BCUT2D eigenvalue weighted by atomic mass is 16.4. The van der Waals surface area contributed by atoms with E-state index >= 15 is 0 Å². The summed E-state index contributed by atoms with van der Waals surface area (Å²) in [5.41, 5.74) is 5.08. The Morgan fingerprint density at radius 3 is 2.73 bits per heavy atom. The number of fused-ring (bicyclic) bond motifs is 1. The van der Waals surface area contributed by atoms with Crippen LogP contribution in [-0.2, 0) is 4.79 Å². The molecule has 0 saturated carbocycles. The van der Waals surface area contributed by atoms with E-state index in [1.165, 1.54) is 11.8 Å². The fourth-order valence-corrected chi connectivity index (χ4v) is 3.92. The number of carbonyl (C=O) groups is 2. The van der Waals surface area contributed by atoms with Gasteiger partial charge in [0, 0.05) is 23.1 Å². The van der Waals surface area contributed by atoms with Gasteiger partial charge in [-0.15, -0.1) is 0 Å². The first-order valence-corrected chi connectivity index (χ1v) is 8.84. The fraction of sp³-hybridized carbons (Fsp3) is 0.300.